The Morgan fingerprint density at radius 1 is 1.09 bits per heavy atom. The highest BCUT2D eigenvalue weighted by Crippen LogP contribution is 2.31. The van der Waals surface area contributed by atoms with Gasteiger partial charge in [0.1, 0.15) is 11.4 Å². The van der Waals surface area contributed by atoms with Crippen molar-refractivity contribution in [2.45, 2.75) is 19.0 Å². The van der Waals surface area contributed by atoms with Crippen LogP contribution < -0.4 is 4.74 Å². The average Bonchev–Trinajstić information content (AvgIpc) is 3.30. The van der Waals surface area contributed by atoms with E-state index in [4.69, 9.17) is 14.9 Å². The molecule has 0 spiro atoms. The summed E-state index contributed by atoms with van der Waals surface area (Å²) in [6.07, 6.45) is -3.78. The Balaban J connectivity index is 1.33. The molecular weight excluding hydrogens is 455 g/mol. The van der Waals surface area contributed by atoms with E-state index in [1.165, 1.54) is 12.3 Å². The number of benzene rings is 1. The number of ether oxygens (including phenoxy) is 1. The Morgan fingerprint density at radius 3 is 2.53 bits per heavy atom. The van der Waals surface area contributed by atoms with Crippen molar-refractivity contribution in [2.75, 3.05) is 26.2 Å². The van der Waals surface area contributed by atoms with Gasteiger partial charge in [0.05, 0.1) is 5.56 Å². The maximum atomic E-state index is 12.9. The number of halogens is 3. The summed E-state index contributed by atoms with van der Waals surface area (Å²) in [6.45, 7) is 2.68. The summed E-state index contributed by atoms with van der Waals surface area (Å²) in [4.78, 5) is 20.2. The van der Waals surface area contributed by atoms with Crippen LogP contribution in [0.5, 0.6) is 11.6 Å². The topological polar surface area (TPSA) is 104 Å². The van der Waals surface area contributed by atoms with Crippen molar-refractivity contribution in [1.82, 2.24) is 24.6 Å². The van der Waals surface area contributed by atoms with E-state index >= 15 is 0 Å². The maximum Gasteiger partial charge on any atom is 0.416 e. The molecule has 2 aromatic heterocycles. The van der Waals surface area contributed by atoms with Gasteiger partial charge in [0.25, 0.3) is 0 Å². The molecule has 0 aliphatic carbocycles. The standard InChI is InChI=1S/C22H22F3N5O4/c23-22(24,25)16-4-6-26-19(13-16)34-17-3-1-2-15(12-17)14-28-8-10-29(11-9-28)21(33)30-7-5-18(27-30)20(31)32/h1-7,12-13,20,31-32H,8-11,14H2. The number of amides is 1. The minimum absolute atomic E-state index is 0.00517. The van der Waals surface area contributed by atoms with Gasteiger partial charge in [-0.25, -0.2) is 9.78 Å². The molecule has 3 heterocycles. The monoisotopic (exact) mass is 477 g/mol. The molecule has 1 fully saturated rings. The Labute approximate surface area is 192 Å². The van der Waals surface area contributed by atoms with Crippen molar-refractivity contribution >= 4 is 6.03 Å². The molecule has 34 heavy (non-hydrogen) atoms. The Hall–Kier alpha value is -3.48. The fourth-order valence-corrected chi connectivity index (χ4v) is 3.55. The number of aliphatic hydroxyl groups is 2. The number of nitrogens with zero attached hydrogens (tertiary/aromatic N) is 5. The molecule has 1 aromatic carbocycles. The van der Waals surface area contributed by atoms with E-state index in [-0.39, 0.29) is 17.6 Å². The van der Waals surface area contributed by atoms with E-state index in [2.05, 4.69) is 15.0 Å². The third-order valence-corrected chi connectivity index (χ3v) is 5.30. The zero-order chi connectivity index (χ0) is 24.3. The first-order chi connectivity index (χ1) is 16.2. The molecule has 12 heteroatoms. The number of hydrogen-bond acceptors (Lipinski definition) is 7. The molecule has 1 saturated heterocycles. The number of rotatable bonds is 5. The lowest BCUT2D eigenvalue weighted by atomic mass is 10.2. The molecule has 0 radical (unpaired) electrons. The lowest BCUT2D eigenvalue weighted by Crippen LogP contribution is -2.49. The first kappa shape index (κ1) is 23.7. The Kier molecular flexibility index (Phi) is 6.82. The first-order valence-electron chi connectivity index (χ1n) is 10.4. The summed E-state index contributed by atoms with van der Waals surface area (Å²) in [5, 5.41) is 22.1. The number of alkyl halides is 3. The van der Waals surface area contributed by atoms with Crippen LogP contribution in [0.3, 0.4) is 0 Å². The molecule has 0 unspecified atom stereocenters. The fourth-order valence-electron chi connectivity index (χ4n) is 3.55. The summed E-state index contributed by atoms with van der Waals surface area (Å²) in [5.41, 5.74) is 0.0623. The van der Waals surface area contributed by atoms with Gasteiger partial charge >= 0.3 is 12.2 Å². The van der Waals surface area contributed by atoms with E-state index in [1.54, 1.807) is 23.1 Å². The van der Waals surface area contributed by atoms with Crippen LogP contribution in [-0.2, 0) is 12.7 Å². The lowest BCUT2D eigenvalue weighted by Gasteiger charge is -2.34. The summed E-state index contributed by atoms with van der Waals surface area (Å²) < 4.78 is 45.3. The van der Waals surface area contributed by atoms with Gasteiger partial charge in [-0.2, -0.15) is 23.0 Å². The smallest absolute Gasteiger partial charge is 0.416 e. The van der Waals surface area contributed by atoms with Crippen LogP contribution in [0.4, 0.5) is 18.0 Å². The molecular formula is C22H22F3N5O4. The quantitative estimate of drug-likeness (QED) is 0.545. The van der Waals surface area contributed by atoms with Gasteiger partial charge in [-0.05, 0) is 29.8 Å². The zero-order valence-electron chi connectivity index (χ0n) is 17.9. The third-order valence-electron chi connectivity index (χ3n) is 5.30. The molecule has 180 valence electrons. The molecule has 1 aliphatic heterocycles. The summed E-state index contributed by atoms with van der Waals surface area (Å²) in [6, 6.07) is 9.77. The van der Waals surface area contributed by atoms with E-state index < -0.39 is 18.0 Å². The van der Waals surface area contributed by atoms with Gasteiger partial charge in [-0.15, -0.1) is 0 Å². The predicted octanol–water partition coefficient (Wildman–Crippen LogP) is 2.86. The number of piperazine rings is 1. The minimum Gasteiger partial charge on any atom is -0.439 e. The second kappa shape index (κ2) is 9.79. The average molecular weight is 477 g/mol. The number of carbonyl (C=O) groups excluding carboxylic acids is 1. The van der Waals surface area contributed by atoms with E-state index in [0.29, 0.717) is 38.5 Å². The number of aromatic nitrogens is 3. The van der Waals surface area contributed by atoms with Crippen molar-refractivity contribution < 1.29 is 32.9 Å². The number of hydrogen-bond donors (Lipinski definition) is 2. The van der Waals surface area contributed by atoms with Crippen molar-refractivity contribution in [3.05, 3.63) is 71.7 Å². The van der Waals surface area contributed by atoms with Gasteiger partial charge in [0, 0.05) is 51.2 Å². The van der Waals surface area contributed by atoms with Crippen LogP contribution in [0.2, 0.25) is 0 Å². The normalized spacial score (nSPS) is 15.1. The second-order valence-corrected chi connectivity index (χ2v) is 7.73. The van der Waals surface area contributed by atoms with Gasteiger partial charge in [-0.3, -0.25) is 4.90 Å². The van der Waals surface area contributed by atoms with Crippen molar-refractivity contribution in [1.29, 1.82) is 0 Å². The third kappa shape index (κ3) is 5.71. The van der Waals surface area contributed by atoms with Gasteiger partial charge in [0.2, 0.25) is 5.88 Å². The maximum absolute atomic E-state index is 12.9. The molecule has 3 aromatic rings. The zero-order valence-corrected chi connectivity index (χ0v) is 17.9. The summed E-state index contributed by atoms with van der Waals surface area (Å²) in [5.74, 6) is 0.230. The van der Waals surface area contributed by atoms with Crippen LogP contribution >= 0.6 is 0 Å². The minimum atomic E-state index is -4.48. The number of carbonyl (C=O) groups is 1. The van der Waals surface area contributed by atoms with E-state index in [9.17, 15) is 18.0 Å². The number of pyridine rings is 1. The van der Waals surface area contributed by atoms with Crippen molar-refractivity contribution in [3.63, 3.8) is 0 Å². The van der Waals surface area contributed by atoms with Gasteiger partial charge < -0.3 is 19.8 Å². The lowest BCUT2D eigenvalue weighted by molar-refractivity contribution is -0.137. The fraction of sp³-hybridized carbons (Fsp3) is 0.318. The molecule has 2 N–H and O–H groups in total. The molecule has 9 nitrogen and oxygen atoms in total. The van der Waals surface area contributed by atoms with Crippen LogP contribution in [0.25, 0.3) is 0 Å². The molecule has 0 atom stereocenters. The second-order valence-electron chi connectivity index (χ2n) is 7.73. The molecule has 0 bridgehead atoms. The highest BCUT2D eigenvalue weighted by molar-refractivity contribution is 5.76. The SMILES string of the molecule is O=C(N1CCN(Cc2cccc(Oc3cc(C(F)(F)F)ccn3)c2)CC1)n1ccc(C(O)O)n1. The van der Waals surface area contributed by atoms with Crippen LogP contribution in [0.15, 0.2) is 54.9 Å². The van der Waals surface area contributed by atoms with Crippen LogP contribution in [-0.4, -0.2) is 67.0 Å². The van der Waals surface area contributed by atoms with E-state index in [1.807, 2.05) is 6.07 Å². The Morgan fingerprint density at radius 2 is 1.85 bits per heavy atom. The highest BCUT2D eigenvalue weighted by atomic mass is 19.4. The van der Waals surface area contributed by atoms with Crippen molar-refractivity contribution in [2.24, 2.45) is 0 Å². The summed E-state index contributed by atoms with van der Waals surface area (Å²) in [7, 11) is 0. The highest BCUT2D eigenvalue weighted by Gasteiger charge is 2.31. The van der Waals surface area contributed by atoms with Crippen LogP contribution in [0.1, 0.15) is 23.1 Å². The molecule has 1 amide bonds. The molecule has 4 rings (SSSR count). The van der Waals surface area contributed by atoms with Crippen LogP contribution in [0, 0.1) is 0 Å². The van der Waals surface area contributed by atoms with Crippen molar-refractivity contribution in [3.8, 4) is 11.6 Å². The molecule has 1 aliphatic rings. The Bertz CT molecular complexity index is 1140. The largest absolute Gasteiger partial charge is 0.439 e. The van der Waals surface area contributed by atoms with E-state index in [0.717, 1.165) is 28.6 Å². The molecule has 0 saturated carbocycles. The van der Waals surface area contributed by atoms with Gasteiger partial charge in [0.15, 0.2) is 6.29 Å². The summed E-state index contributed by atoms with van der Waals surface area (Å²) >= 11 is 0. The van der Waals surface area contributed by atoms with Gasteiger partial charge in [-0.1, -0.05) is 12.1 Å². The predicted molar refractivity (Wildman–Crippen MR) is 113 cm³/mol. The number of aliphatic hydroxyl groups excluding tert-OH is 1. The first-order valence-corrected chi connectivity index (χ1v) is 10.4.